The van der Waals surface area contributed by atoms with E-state index in [9.17, 15) is 5.11 Å². The molecule has 0 aliphatic carbocycles. The molecule has 0 bridgehead atoms. The molecule has 0 fully saturated rings. The van der Waals surface area contributed by atoms with Crippen LogP contribution in [0.2, 0.25) is 0 Å². The molecule has 2 aromatic rings. The maximum atomic E-state index is 9.70. The van der Waals surface area contributed by atoms with E-state index in [4.69, 9.17) is 0 Å². The maximum absolute atomic E-state index is 9.70. The molecule has 0 aliphatic rings. The molecule has 0 spiro atoms. The highest BCUT2D eigenvalue weighted by Crippen LogP contribution is 2.29. The smallest absolute Gasteiger partial charge is 0.127 e. The molecule has 0 atom stereocenters. The van der Waals surface area contributed by atoms with Crippen molar-refractivity contribution in [1.82, 2.24) is 0 Å². The minimum atomic E-state index is 0.263. The van der Waals surface area contributed by atoms with Crippen LogP contribution in [0.25, 0.3) is 11.1 Å². The van der Waals surface area contributed by atoms with Crippen LogP contribution in [0.4, 0.5) is 0 Å². The minimum absolute atomic E-state index is 0.263. The summed E-state index contributed by atoms with van der Waals surface area (Å²) in [4.78, 5) is 0. The molecule has 0 saturated carbocycles. The topological polar surface area (TPSA) is 20.2 Å². The normalized spacial score (nSPS) is 10.2. The summed E-state index contributed by atoms with van der Waals surface area (Å²) in [5.74, 6) is 0.263. The van der Waals surface area contributed by atoms with Crippen LogP contribution < -0.4 is 0 Å². The van der Waals surface area contributed by atoms with Gasteiger partial charge in [0.2, 0.25) is 0 Å². The average Bonchev–Trinajstić information content (AvgIpc) is 2.30. The maximum Gasteiger partial charge on any atom is 0.127 e. The van der Waals surface area contributed by atoms with E-state index >= 15 is 0 Å². The van der Waals surface area contributed by atoms with Crippen LogP contribution in [0.5, 0.6) is 5.75 Å². The molecule has 1 N–H and O–H groups in total. The fourth-order valence-corrected chi connectivity index (χ4v) is 1.77. The van der Waals surface area contributed by atoms with Gasteiger partial charge in [-0.25, -0.2) is 0 Å². The molecule has 15 heavy (non-hydrogen) atoms. The molecule has 0 amide bonds. The molecule has 2 aromatic carbocycles. The van der Waals surface area contributed by atoms with E-state index < -0.39 is 0 Å². The van der Waals surface area contributed by atoms with E-state index in [0.717, 1.165) is 23.1 Å². The lowest BCUT2D eigenvalue weighted by Gasteiger charge is -2.09. The highest BCUT2D eigenvalue weighted by Gasteiger charge is 2.06. The average molecular weight is 197 g/mol. The summed E-state index contributed by atoms with van der Waals surface area (Å²) >= 11 is 0. The minimum Gasteiger partial charge on any atom is -0.507 e. The fourth-order valence-electron chi connectivity index (χ4n) is 1.77. The van der Waals surface area contributed by atoms with Crippen LogP contribution in [0.3, 0.4) is 0 Å². The Morgan fingerprint density at radius 2 is 1.87 bits per heavy atom. The molecule has 1 radical (unpaired) electrons. The Labute approximate surface area is 90.0 Å². The van der Waals surface area contributed by atoms with E-state index in [1.165, 1.54) is 0 Å². The number of rotatable bonds is 2. The quantitative estimate of drug-likeness (QED) is 0.782. The molecule has 0 unspecified atom stereocenters. The molecule has 0 saturated heterocycles. The van der Waals surface area contributed by atoms with E-state index in [2.05, 4.69) is 6.07 Å². The van der Waals surface area contributed by atoms with Crippen LogP contribution in [0, 0.1) is 6.07 Å². The third-order valence-electron chi connectivity index (χ3n) is 2.52. The summed E-state index contributed by atoms with van der Waals surface area (Å²) in [6.45, 7) is 2.04. The molecule has 0 heterocycles. The largest absolute Gasteiger partial charge is 0.507 e. The van der Waals surface area contributed by atoms with Gasteiger partial charge in [0.1, 0.15) is 5.75 Å². The van der Waals surface area contributed by atoms with Crippen molar-refractivity contribution in [3.8, 4) is 16.9 Å². The van der Waals surface area contributed by atoms with Crippen LogP contribution in [0.1, 0.15) is 12.5 Å². The summed E-state index contributed by atoms with van der Waals surface area (Å²) in [5.41, 5.74) is 3.19. The standard InChI is InChI=1S/C14H13O/c1-2-12-13(9-6-10-14(12)15)11-7-4-3-5-8-11/h3-9,15H,2H2,1H3. The lowest BCUT2D eigenvalue weighted by atomic mass is 9.97. The Morgan fingerprint density at radius 1 is 1.13 bits per heavy atom. The summed E-state index contributed by atoms with van der Waals surface area (Å²) in [7, 11) is 0. The summed E-state index contributed by atoms with van der Waals surface area (Å²) in [6.07, 6.45) is 0.813. The number of aromatic hydroxyl groups is 1. The van der Waals surface area contributed by atoms with Crippen molar-refractivity contribution in [3.63, 3.8) is 0 Å². The number of hydrogen-bond donors (Lipinski definition) is 1. The first-order valence-corrected chi connectivity index (χ1v) is 5.11. The zero-order chi connectivity index (χ0) is 10.7. The van der Waals surface area contributed by atoms with Crippen LogP contribution in [0.15, 0.2) is 42.5 Å². The van der Waals surface area contributed by atoms with Gasteiger partial charge in [-0.3, -0.25) is 0 Å². The molecule has 75 valence electrons. The van der Waals surface area contributed by atoms with Gasteiger partial charge in [0.25, 0.3) is 0 Å². The molecule has 1 nitrogen and oxygen atoms in total. The van der Waals surface area contributed by atoms with Gasteiger partial charge in [-0.05, 0) is 23.6 Å². The second-order valence-electron chi connectivity index (χ2n) is 3.44. The predicted molar refractivity (Wildman–Crippen MR) is 61.8 cm³/mol. The van der Waals surface area contributed by atoms with E-state index in [0.29, 0.717) is 0 Å². The van der Waals surface area contributed by atoms with Crippen molar-refractivity contribution >= 4 is 0 Å². The first-order chi connectivity index (χ1) is 7.33. The van der Waals surface area contributed by atoms with Gasteiger partial charge in [0, 0.05) is 11.6 Å². The van der Waals surface area contributed by atoms with Crippen molar-refractivity contribution in [3.05, 3.63) is 54.1 Å². The van der Waals surface area contributed by atoms with Gasteiger partial charge in [-0.15, -0.1) is 0 Å². The summed E-state index contributed by atoms with van der Waals surface area (Å²) in [5, 5.41) is 9.70. The third kappa shape index (κ3) is 1.86. The van der Waals surface area contributed by atoms with E-state index in [1.54, 1.807) is 6.07 Å². The molecule has 2 rings (SSSR count). The van der Waals surface area contributed by atoms with Gasteiger partial charge < -0.3 is 5.11 Å². The van der Waals surface area contributed by atoms with Crippen LogP contribution >= 0.6 is 0 Å². The SMILES string of the molecule is CCc1c(O)[c]ccc1-c1ccccc1. The van der Waals surface area contributed by atoms with E-state index in [-0.39, 0.29) is 5.75 Å². The van der Waals surface area contributed by atoms with Crippen LogP contribution in [-0.2, 0) is 6.42 Å². The second-order valence-corrected chi connectivity index (χ2v) is 3.44. The van der Waals surface area contributed by atoms with Gasteiger partial charge in [0.05, 0.1) is 0 Å². The Kier molecular flexibility index (Phi) is 2.72. The van der Waals surface area contributed by atoms with Crippen molar-refractivity contribution in [1.29, 1.82) is 0 Å². The second kappa shape index (κ2) is 4.18. The Bertz CT molecular complexity index is 446. The number of hydrogen-bond acceptors (Lipinski definition) is 1. The number of benzene rings is 2. The molecule has 0 aromatic heterocycles. The van der Waals surface area contributed by atoms with Crippen molar-refractivity contribution in [2.24, 2.45) is 0 Å². The zero-order valence-electron chi connectivity index (χ0n) is 8.70. The zero-order valence-corrected chi connectivity index (χ0v) is 8.70. The lowest BCUT2D eigenvalue weighted by molar-refractivity contribution is 0.468. The highest BCUT2D eigenvalue weighted by atomic mass is 16.3. The van der Waals surface area contributed by atoms with Gasteiger partial charge in [-0.1, -0.05) is 43.3 Å². The first kappa shape index (κ1) is 9.78. The summed E-state index contributed by atoms with van der Waals surface area (Å²) in [6, 6.07) is 16.7. The number of phenolic OH excluding ortho intramolecular Hbond substituents is 1. The lowest BCUT2D eigenvalue weighted by Crippen LogP contribution is -1.88. The van der Waals surface area contributed by atoms with Crippen molar-refractivity contribution in [2.45, 2.75) is 13.3 Å². The van der Waals surface area contributed by atoms with E-state index in [1.807, 2.05) is 43.3 Å². The van der Waals surface area contributed by atoms with Crippen molar-refractivity contribution < 1.29 is 5.11 Å². The Balaban J connectivity index is 2.58. The summed E-state index contributed by atoms with van der Waals surface area (Å²) < 4.78 is 0. The molecule has 1 heteroatoms. The monoisotopic (exact) mass is 197 g/mol. The van der Waals surface area contributed by atoms with Gasteiger partial charge >= 0.3 is 0 Å². The molecular formula is C14H13O. The van der Waals surface area contributed by atoms with Gasteiger partial charge in [-0.2, -0.15) is 0 Å². The fraction of sp³-hybridized carbons (Fsp3) is 0.143. The van der Waals surface area contributed by atoms with Gasteiger partial charge in [0.15, 0.2) is 0 Å². The molecular weight excluding hydrogens is 184 g/mol. The third-order valence-corrected chi connectivity index (χ3v) is 2.52. The van der Waals surface area contributed by atoms with Crippen molar-refractivity contribution in [2.75, 3.05) is 0 Å². The Morgan fingerprint density at radius 3 is 2.53 bits per heavy atom. The number of phenols is 1. The van der Waals surface area contributed by atoms with Crippen LogP contribution in [-0.4, -0.2) is 5.11 Å². The molecule has 0 aliphatic heterocycles. The predicted octanol–water partition coefficient (Wildman–Crippen LogP) is 3.42. The highest BCUT2D eigenvalue weighted by molar-refractivity contribution is 5.69. The Hall–Kier alpha value is -1.76. The first-order valence-electron chi connectivity index (χ1n) is 5.11.